The summed E-state index contributed by atoms with van der Waals surface area (Å²) in [5, 5.41) is 0. The first-order valence-electron chi connectivity index (χ1n) is 12.4. The van der Waals surface area contributed by atoms with Crippen molar-refractivity contribution in [1.29, 1.82) is 0 Å². The van der Waals surface area contributed by atoms with Crippen LogP contribution in [0.5, 0.6) is 0 Å². The van der Waals surface area contributed by atoms with Gasteiger partial charge in [0, 0.05) is 31.9 Å². The summed E-state index contributed by atoms with van der Waals surface area (Å²) in [6, 6.07) is 30.6. The van der Waals surface area contributed by atoms with E-state index in [1.54, 1.807) is 0 Å². The topological polar surface area (TPSA) is 49.9 Å². The fourth-order valence-corrected chi connectivity index (χ4v) is 4.71. The van der Waals surface area contributed by atoms with Gasteiger partial charge in [-0.15, -0.1) is 0 Å². The number of Topliss-reactive ketones (excluding diaryl/α,β-unsaturated/α-hetero) is 1. The zero-order valence-electron chi connectivity index (χ0n) is 20.4. The van der Waals surface area contributed by atoms with E-state index in [1.165, 1.54) is 29.3 Å². The first-order chi connectivity index (χ1) is 17.1. The first kappa shape index (κ1) is 24.7. The van der Waals surface area contributed by atoms with Crippen LogP contribution in [0.25, 0.3) is 0 Å². The molecule has 3 aromatic carbocycles. The van der Waals surface area contributed by atoms with E-state index in [-0.39, 0.29) is 18.2 Å². The average molecular weight is 471 g/mol. The Kier molecular flexibility index (Phi) is 8.68. The molecule has 0 spiro atoms. The molecular formula is C30H34N2O3. The molecule has 0 radical (unpaired) electrons. The number of benzene rings is 3. The summed E-state index contributed by atoms with van der Waals surface area (Å²) in [7, 11) is 0. The highest BCUT2D eigenvalue weighted by molar-refractivity contribution is 5.94. The summed E-state index contributed by atoms with van der Waals surface area (Å²) in [6.07, 6.45) is 1.46. The molecule has 5 heteroatoms. The Hall–Kier alpha value is -3.44. The van der Waals surface area contributed by atoms with E-state index >= 15 is 0 Å². The van der Waals surface area contributed by atoms with Crippen LogP contribution < -0.4 is 4.90 Å². The third-order valence-corrected chi connectivity index (χ3v) is 6.48. The van der Waals surface area contributed by atoms with Gasteiger partial charge in [0.15, 0.2) is 0 Å². The number of carbonyl (C=O) groups excluding carboxylic acids is 2. The highest BCUT2D eigenvalue weighted by Crippen LogP contribution is 2.30. The standard InChI is InChI=1S/C30H34N2O3/c1-24(33)23-29(34)35-22-8-9-25-14-16-28(17-15-25)31-18-20-32(21-19-31)30(26-10-4-2-5-11-26)27-12-6-3-7-13-27/h2-7,10-17,30H,8-9,18-23H2,1H3. The highest BCUT2D eigenvalue weighted by Gasteiger charge is 2.26. The minimum Gasteiger partial charge on any atom is -0.465 e. The quantitative estimate of drug-likeness (QED) is 0.236. The van der Waals surface area contributed by atoms with E-state index in [1.807, 2.05) is 0 Å². The van der Waals surface area contributed by atoms with Crippen LogP contribution in [0, 0.1) is 0 Å². The summed E-state index contributed by atoms with van der Waals surface area (Å²) in [6.45, 7) is 5.72. The van der Waals surface area contributed by atoms with Gasteiger partial charge >= 0.3 is 5.97 Å². The van der Waals surface area contributed by atoms with Gasteiger partial charge in [-0.05, 0) is 48.6 Å². The van der Waals surface area contributed by atoms with Gasteiger partial charge in [-0.2, -0.15) is 0 Å². The maximum atomic E-state index is 11.5. The lowest BCUT2D eigenvalue weighted by Crippen LogP contribution is -2.48. The smallest absolute Gasteiger partial charge is 0.313 e. The van der Waals surface area contributed by atoms with E-state index in [4.69, 9.17) is 4.74 Å². The lowest BCUT2D eigenvalue weighted by molar-refractivity contribution is -0.145. The van der Waals surface area contributed by atoms with E-state index in [0.29, 0.717) is 6.61 Å². The number of ether oxygens (including phenoxy) is 1. The summed E-state index contributed by atoms with van der Waals surface area (Å²) in [5.41, 5.74) is 5.15. The van der Waals surface area contributed by atoms with E-state index in [0.717, 1.165) is 39.0 Å². The lowest BCUT2D eigenvalue weighted by Gasteiger charge is -2.40. The van der Waals surface area contributed by atoms with Crippen molar-refractivity contribution in [2.45, 2.75) is 32.2 Å². The molecule has 0 unspecified atom stereocenters. The second kappa shape index (κ2) is 12.3. The minimum absolute atomic E-state index is 0.139. The number of piperazine rings is 1. The Morgan fingerprint density at radius 3 is 1.91 bits per heavy atom. The fraction of sp³-hybridized carbons (Fsp3) is 0.333. The number of hydrogen-bond acceptors (Lipinski definition) is 5. The van der Waals surface area contributed by atoms with Crippen molar-refractivity contribution in [1.82, 2.24) is 4.90 Å². The van der Waals surface area contributed by atoms with Gasteiger partial charge in [-0.1, -0.05) is 72.8 Å². The number of anilines is 1. The van der Waals surface area contributed by atoms with Gasteiger partial charge in [-0.25, -0.2) is 0 Å². The molecule has 1 fully saturated rings. The van der Waals surface area contributed by atoms with Gasteiger partial charge in [0.25, 0.3) is 0 Å². The third-order valence-electron chi connectivity index (χ3n) is 6.48. The van der Waals surface area contributed by atoms with Crippen molar-refractivity contribution in [2.24, 2.45) is 0 Å². The molecule has 0 amide bonds. The van der Waals surface area contributed by atoms with Gasteiger partial charge in [0.2, 0.25) is 0 Å². The molecule has 0 saturated carbocycles. The fourth-order valence-electron chi connectivity index (χ4n) is 4.71. The van der Waals surface area contributed by atoms with Crippen LogP contribution in [0.3, 0.4) is 0 Å². The van der Waals surface area contributed by atoms with Gasteiger partial charge in [-0.3, -0.25) is 14.5 Å². The number of nitrogens with zero attached hydrogens (tertiary/aromatic N) is 2. The Morgan fingerprint density at radius 1 is 0.800 bits per heavy atom. The lowest BCUT2D eigenvalue weighted by atomic mass is 9.96. The molecule has 3 aromatic rings. The molecule has 1 heterocycles. The largest absolute Gasteiger partial charge is 0.465 e. The van der Waals surface area contributed by atoms with Crippen LogP contribution in [0.15, 0.2) is 84.9 Å². The number of rotatable bonds is 10. The maximum absolute atomic E-state index is 11.5. The monoisotopic (exact) mass is 470 g/mol. The first-order valence-corrected chi connectivity index (χ1v) is 12.4. The van der Waals surface area contributed by atoms with Crippen LogP contribution in [-0.2, 0) is 20.7 Å². The number of hydrogen-bond donors (Lipinski definition) is 0. The Balaban J connectivity index is 1.30. The highest BCUT2D eigenvalue weighted by atomic mass is 16.5. The molecule has 5 nitrogen and oxygen atoms in total. The molecule has 1 aliphatic heterocycles. The van der Waals surface area contributed by atoms with Crippen LogP contribution in [-0.4, -0.2) is 49.4 Å². The second-order valence-electron chi connectivity index (χ2n) is 9.12. The third kappa shape index (κ3) is 7.03. The van der Waals surface area contributed by atoms with E-state index in [2.05, 4.69) is 94.7 Å². The number of ketones is 1. The predicted molar refractivity (Wildman–Crippen MR) is 140 cm³/mol. The summed E-state index contributed by atoms with van der Waals surface area (Å²) >= 11 is 0. The Labute approximate surface area is 208 Å². The average Bonchev–Trinajstić information content (AvgIpc) is 2.89. The number of aryl methyl sites for hydroxylation is 1. The normalized spacial score (nSPS) is 14.2. The van der Waals surface area contributed by atoms with E-state index < -0.39 is 5.97 Å². The van der Waals surface area contributed by atoms with Gasteiger partial charge in [0.1, 0.15) is 12.2 Å². The van der Waals surface area contributed by atoms with Crippen LogP contribution in [0.1, 0.15) is 42.5 Å². The number of carbonyl (C=O) groups is 2. The van der Waals surface area contributed by atoms with Crippen molar-refractivity contribution < 1.29 is 14.3 Å². The molecule has 0 atom stereocenters. The molecule has 182 valence electrons. The summed E-state index contributed by atoms with van der Waals surface area (Å²) in [5.74, 6) is -0.601. The van der Waals surface area contributed by atoms with Crippen molar-refractivity contribution in [3.8, 4) is 0 Å². The van der Waals surface area contributed by atoms with Crippen LogP contribution in [0.2, 0.25) is 0 Å². The molecular weight excluding hydrogens is 436 g/mol. The van der Waals surface area contributed by atoms with Crippen molar-refractivity contribution in [3.05, 3.63) is 102 Å². The zero-order valence-corrected chi connectivity index (χ0v) is 20.4. The van der Waals surface area contributed by atoms with Crippen molar-refractivity contribution in [2.75, 3.05) is 37.7 Å². The maximum Gasteiger partial charge on any atom is 0.313 e. The predicted octanol–water partition coefficient (Wildman–Crippen LogP) is 5.05. The van der Waals surface area contributed by atoms with Crippen LogP contribution >= 0.6 is 0 Å². The van der Waals surface area contributed by atoms with Crippen molar-refractivity contribution in [3.63, 3.8) is 0 Å². The molecule has 4 rings (SSSR count). The zero-order chi connectivity index (χ0) is 24.5. The second-order valence-corrected chi connectivity index (χ2v) is 9.12. The molecule has 0 aromatic heterocycles. The molecule has 1 aliphatic rings. The number of esters is 1. The summed E-state index contributed by atoms with van der Waals surface area (Å²) < 4.78 is 5.11. The van der Waals surface area contributed by atoms with Crippen LogP contribution in [0.4, 0.5) is 5.69 Å². The molecule has 0 N–H and O–H groups in total. The molecule has 35 heavy (non-hydrogen) atoms. The van der Waals surface area contributed by atoms with Gasteiger partial charge in [0.05, 0.1) is 12.6 Å². The summed E-state index contributed by atoms with van der Waals surface area (Å²) in [4.78, 5) is 27.4. The minimum atomic E-state index is -0.436. The Morgan fingerprint density at radius 2 is 1.37 bits per heavy atom. The molecule has 1 saturated heterocycles. The van der Waals surface area contributed by atoms with Crippen molar-refractivity contribution >= 4 is 17.4 Å². The molecule has 0 aliphatic carbocycles. The SMILES string of the molecule is CC(=O)CC(=O)OCCCc1ccc(N2CCN(C(c3ccccc3)c3ccccc3)CC2)cc1. The Bertz CT molecular complexity index is 1040. The molecule has 0 bridgehead atoms. The van der Waals surface area contributed by atoms with Gasteiger partial charge < -0.3 is 9.64 Å². The van der Waals surface area contributed by atoms with E-state index in [9.17, 15) is 9.59 Å².